The largest absolute Gasteiger partial charge is 0.379 e. The van der Waals surface area contributed by atoms with Crippen LogP contribution in [-0.2, 0) is 29.0 Å². The number of aromatic nitrogens is 4. The number of thiophene rings is 1. The minimum Gasteiger partial charge on any atom is -0.379 e. The molecule has 3 rings (SSSR count). The number of nitrogens with one attached hydrogen (secondary N) is 1. The Kier molecular flexibility index (Phi) is 5.89. The third-order valence-electron chi connectivity index (χ3n) is 3.86. The highest BCUT2D eigenvalue weighted by Crippen LogP contribution is 2.11. The quantitative estimate of drug-likeness (QED) is 0.774. The number of amides is 1. The molecule has 0 aromatic carbocycles. The summed E-state index contributed by atoms with van der Waals surface area (Å²) in [7, 11) is 0. The number of nitrogens with zero attached hydrogens (tertiary/aromatic N) is 5. The fourth-order valence-electron chi connectivity index (χ4n) is 2.66. The number of morpholine rings is 1. The number of carbonyl (C=O) groups excluding carboxylic acids is 1. The minimum absolute atomic E-state index is 0.0745. The maximum Gasteiger partial charge on any atom is 0.242 e. The Bertz CT molecular complexity index is 638. The van der Waals surface area contributed by atoms with E-state index in [2.05, 4.69) is 31.8 Å². The van der Waals surface area contributed by atoms with Crippen molar-refractivity contribution in [1.82, 2.24) is 30.4 Å². The van der Waals surface area contributed by atoms with Crippen molar-refractivity contribution in [2.45, 2.75) is 32.5 Å². The number of hydrogen-bond donors (Lipinski definition) is 1. The summed E-state index contributed by atoms with van der Waals surface area (Å²) in [6.07, 6.45) is 0.833. The maximum absolute atomic E-state index is 12.2. The molecule has 0 spiro atoms. The highest BCUT2D eigenvalue weighted by Gasteiger charge is 2.17. The Morgan fingerprint density at radius 1 is 1.46 bits per heavy atom. The van der Waals surface area contributed by atoms with Crippen LogP contribution in [0.15, 0.2) is 17.5 Å². The summed E-state index contributed by atoms with van der Waals surface area (Å²) in [6, 6.07) is 4.18. The van der Waals surface area contributed by atoms with E-state index in [1.54, 1.807) is 16.0 Å². The molecule has 1 N–H and O–H groups in total. The molecule has 2 aromatic heterocycles. The third-order valence-corrected chi connectivity index (χ3v) is 4.76. The molecule has 0 aliphatic carbocycles. The maximum atomic E-state index is 12.2. The number of carbonyl (C=O) groups is 1. The van der Waals surface area contributed by atoms with Crippen LogP contribution in [-0.4, -0.2) is 63.4 Å². The summed E-state index contributed by atoms with van der Waals surface area (Å²) in [5, 5.41) is 16.7. The summed E-state index contributed by atoms with van der Waals surface area (Å²) >= 11 is 1.70. The average Bonchev–Trinajstić information content (AvgIpc) is 3.21. The van der Waals surface area contributed by atoms with Crippen molar-refractivity contribution < 1.29 is 9.53 Å². The average molecular weight is 350 g/mol. The summed E-state index contributed by atoms with van der Waals surface area (Å²) < 4.78 is 6.91. The van der Waals surface area contributed by atoms with Crippen LogP contribution in [0.4, 0.5) is 0 Å². The van der Waals surface area contributed by atoms with Crippen LogP contribution in [0.2, 0.25) is 0 Å². The van der Waals surface area contributed by atoms with Crippen molar-refractivity contribution in [3.8, 4) is 0 Å². The number of rotatable bonds is 7. The van der Waals surface area contributed by atoms with Gasteiger partial charge in [0.1, 0.15) is 6.54 Å². The van der Waals surface area contributed by atoms with E-state index in [9.17, 15) is 4.79 Å². The van der Waals surface area contributed by atoms with Crippen molar-refractivity contribution in [2.75, 3.05) is 26.3 Å². The number of hydrogen-bond acceptors (Lipinski definition) is 7. The molecule has 0 radical (unpaired) electrons. The van der Waals surface area contributed by atoms with E-state index in [4.69, 9.17) is 4.74 Å². The zero-order valence-electron chi connectivity index (χ0n) is 13.7. The molecule has 9 heteroatoms. The van der Waals surface area contributed by atoms with Gasteiger partial charge in [-0.25, -0.2) is 4.68 Å². The lowest BCUT2D eigenvalue weighted by atomic mass is 10.2. The molecule has 24 heavy (non-hydrogen) atoms. The Labute approximate surface area is 144 Å². The molecule has 8 nitrogen and oxygen atoms in total. The van der Waals surface area contributed by atoms with Gasteiger partial charge in [-0.3, -0.25) is 9.69 Å². The van der Waals surface area contributed by atoms with E-state index >= 15 is 0 Å². The minimum atomic E-state index is -0.0745. The Balaban J connectivity index is 1.50. The molecule has 0 unspecified atom stereocenters. The van der Waals surface area contributed by atoms with Gasteiger partial charge in [-0.15, -0.1) is 16.4 Å². The Morgan fingerprint density at radius 3 is 3.04 bits per heavy atom. The SMILES string of the molecule is C[C@H](Cc1cccs1)NC(=O)Cn1nnnc1CN1CCOCC1. The second-order valence-electron chi connectivity index (χ2n) is 5.89. The second-order valence-corrected chi connectivity index (χ2v) is 6.93. The van der Waals surface area contributed by atoms with Crippen LogP contribution in [0.1, 0.15) is 17.6 Å². The molecule has 130 valence electrons. The number of tetrazole rings is 1. The lowest BCUT2D eigenvalue weighted by Gasteiger charge is -2.25. The first-order chi connectivity index (χ1) is 11.7. The predicted molar refractivity (Wildman–Crippen MR) is 89.5 cm³/mol. The van der Waals surface area contributed by atoms with Gasteiger partial charge in [0.2, 0.25) is 5.91 Å². The molecule has 1 saturated heterocycles. The van der Waals surface area contributed by atoms with Gasteiger partial charge in [0, 0.05) is 30.4 Å². The van der Waals surface area contributed by atoms with Crippen molar-refractivity contribution in [3.63, 3.8) is 0 Å². The monoisotopic (exact) mass is 350 g/mol. The third kappa shape index (κ3) is 4.83. The predicted octanol–water partition coefficient (Wildman–Crippen LogP) is 0.314. The van der Waals surface area contributed by atoms with Gasteiger partial charge < -0.3 is 10.1 Å². The molecular weight excluding hydrogens is 328 g/mol. The van der Waals surface area contributed by atoms with Gasteiger partial charge in [0.25, 0.3) is 0 Å². The first-order valence-electron chi connectivity index (χ1n) is 8.07. The molecule has 1 aliphatic heterocycles. The van der Waals surface area contributed by atoms with Gasteiger partial charge in [-0.05, 0) is 28.8 Å². The van der Waals surface area contributed by atoms with Crippen molar-refractivity contribution >= 4 is 17.2 Å². The summed E-state index contributed by atoms with van der Waals surface area (Å²) in [5.74, 6) is 0.632. The standard InChI is InChI=1S/C15H22N6O2S/c1-12(9-13-3-2-8-24-13)16-15(22)11-21-14(17-18-19-21)10-20-4-6-23-7-5-20/h2-3,8,12H,4-7,9-11H2,1H3,(H,16,22)/t12-/m1/s1. The van der Waals surface area contributed by atoms with E-state index in [0.29, 0.717) is 12.4 Å². The van der Waals surface area contributed by atoms with E-state index in [1.165, 1.54) is 4.88 Å². The topological polar surface area (TPSA) is 85.2 Å². The molecule has 2 aromatic rings. The van der Waals surface area contributed by atoms with Crippen molar-refractivity contribution in [1.29, 1.82) is 0 Å². The van der Waals surface area contributed by atoms with Crippen LogP contribution in [0, 0.1) is 0 Å². The van der Waals surface area contributed by atoms with Crippen LogP contribution in [0.5, 0.6) is 0 Å². The molecule has 0 saturated carbocycles. The van der Waals surface area contributed by atoms with Crippen LogP contribution < -0.4 is 5.32 Å². The zero-order chi connectivity index (χ0) is 16.8. The fraction of sp³-hybridized carbons (Fsp3) is 0.600. The highest BCUT2D eigenvalue weighted by atomic mass is 32.1. The van der Waals surface area contributed by atoms with E-state index in [1.807, 2.05) is 18.4 Å². The van der Waals surface area contributed by atoms with E-state index in [-0.39, 0.29) is 18.5 Å². The summed E-state index contributed by atoms with van der Waals surface area (Å²) in [5.41, 5.74) is 0. The Morgan fingerprint density at radius 2 is 2.29 bits per heavy atom. The second kappa shape index (κ2) is 8.32. The van der Waals surface area contributed by atoms with Crippen LogP contribution in [0.25, 0.3) is 0 Å². The molecule has 1 amide bonds. The molecule has 1 atom stereocenters. The van der Waals surface area contributed by atoms with Gasteiger partial charge in [-0.2, -0.15) is 0 Å². The molecular formula is C15H22N6O2S. The van der Waals surface area contributed by atoms with Crippen molar-refractivity contribution in [2.24, 2.45) is 0 Å². The summed E-state index contributed by atoms with van der Waals surface area (Å²) in [6.45, 7) is 5.94. The van der Waals surface area contributed by atoms with Gasteiger partial charge in [0.05, 0.1) is 19.8 Å². The van der Waals surface area contributed by atoms with Gasteiger partial charge in [0.15, 0.2) is 5.82 Å². The Hall–Kier alpha value is -1.84. The molecule has 0 bridgehead atoms. The normalized spacial score (nSPS) is 16.9. The molecule has 3 heterocycles. The van der Waals surface area contributed by atoms with Gasteiger partial charge >= 0.3 is 0 Å². The summed E-state index contributed by atoms with van der Waals surface area (Å²) in [4.78, 5) is 15.7. The van der Waals surface area contributed by atoms with Gasteiger partial charge in [-0.1, -0.05) is 6.07 Å². The van der Waals surface area contributed by atoms with Crippen LogP contribution >= 0.6 is 11.3 Å². The number of ether oxygens (including phenoxy) is 1. The first kappa shape index (κ1) is 17.0. The zero-order valence-corrected chi connectivity index (χ0v) is 14.5. The fourth-order valence-corrected chi connectivity index (χ4v) is 3.49. The van der Waals surface area contributed by atoms with E-state index < -0.39 is 0 Å². The first-order valence-corrected chi connectivity index (χ1v) is 8.95. The van der Waals surface area contributed by atoms with Crippen LogP contribution in [0.3, 0.4) is 0 Å². The lowest BCUT2D eigenvalue weighted by molar-refractivity contribution is -0.122. The lowest BCUT2D eigenvalue weighted by Crippen LogP contribution is -2.38. The smallest absolute Gasteiger partial charge is 0.242 e. The van der Waals surface area contributed by atoms with E-state index in [0.717, 1.165) is 32.7 Å². The molecule has 1 aliphatic rings. The molecule has 1 fully saturated rings. The highest BCUT2D eigenvalue weighted by molar-refractivity contribution is 7.09. The van der Waals surface area contributed by atoms with Crippen molar-refractivity contribution in [3.05, 3.63) is 28.2 Å².